The molecule has 0 aliphatic carbocycles. The van der Waals surface area contributed by atoms with Gasteiger partial charge in [-0.1, -0.05) is 0 Å². The fourth-order valence-electron chi connectivity index (χ4n) is 2.28. The highest BCUT2D eigenvalue weighted by Crippen LogP contribution is 2.32. The largest absolute Gasteiger partial charge is 0.456 e. The number of nitrogens with zero attached hydrogens (tertiary/aromatic N) is 1. The van der Waals surface area contributed by atoms with Crippen LogP contribution in [0.3, 0.4) is 0 Å². The van der Waals surface area contributed by atoms with Crippen LogP contribution in [0.25, 0.3) is 0 Å². The molecule has 4 atom stereocenters. The average molecular weight is 329 g/mol. The zero-order valence-electron chi connectivity index (χ0n) is 15.1. The molecule has 0 saturated carbocycles. The van der Waals surface area contributed by atoms with E-state index in [2.05, 4.69) is 9.97 Å². The molecule has 1 aliphatic rings. The second-order valence-electron chi connectivity index (χ2n) is 4.67. The molecule has 2 heterocycles. The van der Waals surface area contributed by atoms with Crippen LogP contribution in [0.1, 0.15) is 36.7 Å². The van der Waals surface area contributed by atoms with Gasteiger partial charge in [-0.2, -0.15) is 0 Å². The molecule has 1 aromatic heterocycles. The topological polar surface area (TPSA) is 117 Å². The second kappa shape index (κ2) is 7.23. The molecule has 0 aromatic carbocycles. The molecular formula is C14H18N2O7. The molecule has 2 rings (SSSR count). The monoisotopic (exact) mass is 329 g/mol. The molecule has 1 saturated heterocycles. The van der Waals surface area contributed by atoms with E-state index in [0.717, 1.165) is 0 Å². The number of rotatable bonds is 4. The van der Waals surface area contributed by atoms with Crippen molar-refractivity contribution in [2.45, 2.75) is 45.1 Å². The van der Waals surface area contributed by atoms with Crippen molar-refractivity contribution in [3.8, 4) is 0 Å². The Morgan fingerprint density at radius 2 is 1.83 bits per heavy atom. The van der Waals surface area contributed by atoms with Crippen LogP contribution in [0.15, 0.2) is 12.4 Å². The number of carbonyl (C=O) groups excluding carboxylic acids is 3. The van der Waals surface area contributed by atoms with Gasteiger partial charge >= 0.3 is 17.9 Å². The van der Waals surface area contributed by atoms with Crippen LogP contribution in [-0.2, 0) is 33.3 Å². The zero-order valence-corrected chi connectivity index (χ0v) is 12.1. The Hall–Kier alpha value is -2.42. The third-order valence-electron chi connectivity index (χ3n) is 3.04. The van der Waals surface area contributed by atoms with Gasteiger partial charge in [0.05, 0.1) is 6.61 Å². The van der Waals surface area contributed by atoms with Crippen LogP contribution in [0.2, 0.25) is 0 Å². The van der Waals surface area contributed by atoms with Gasteiger partial charge in [0.2, 0.25) is 0 Å². The van der Waals surface area contributed by atoms with E-state index >= 15 is 0 Å². The van der Waals surface area contributed by atoms with Crippen molar-refractivity contribution in [2.75, 3.05) is 6.61 Å². The number of imidazole rings is 1. The maximum Gasteiger partial charge on any atom is 0.303 e. The first kappa shape index (κ1) is 13.1. The van der Waals surface area contributed by atoms with E-state index in [0.29, 0.717) is 0 Å². The van der Waals surface area contributed by atoms with Crippen molar-refractivity contribution < 1.29 is 37.4 Å². The van der Waals surface area contributed by atoms with E-state index in [9.17, 15) is 14.4 Å². The number of ether oxygens (including phenoxy) is 4. The molecular weight excluding hydrogens is 308 g/mol. The molecule has 0 bridgehead atoms. The first-order chi connectivity index (χ1) is 12.5. The van der Waals surface area contributed by atoms with Gasteiger partial charge in [-0.15, -0.1) is 0 Å². The molecule has 126 valence electrons. The fourth-order valence-corrected chi connectivity index (χ4v) is 2.28. The minimum Gasteiger partial charge on any atom is -0.456 e. The number of H-pyrrole nitrogens is 1. The number of aromatic amines is 1. The Kier molecular flexibility index (Phi) is 4.10. The molecule has 0 radical (unpaired) electrons. The first-order valence-corrected chi connectivity index (χ1v) is 6.57. The Morgan fingerprint density at radius 3 is 2.43 bits per heavy atom. The summed E-state index contributed by atoms with van der Waals surface area (Å²) in [7, 11) is 0. The van der Waals surface area contributed by atoms with Gasteiger partial charge in [0.15, 0.2) is 24.4 Å². The first-order valence-electron chi connectivity index (χ1n) is 8.69. The molecule has 1 fully saturated rings. The van der Waals surface area contributed by atoms with Crippen molar-refractivity contribution in [3.63, 3.8) is 0 Å². The minimum atomic E-state index is -1.28. The number of aromatic nitrogens is 2. The van der Waals surface area contributed by atoms with E-state index in [-0.39, 0.29) is 12.4 Å². The summed E-state index contributed by atoms with van der Waals surface area (Å²) in [5, 5.41) is 0. The molecule has 0 amide bonds. The summed E-state index contributed by atoms with van der Waals surface area (Å²) in [6.07, 6.45) is -1.68. The van der Waals surface area contributed by atoms with E-state index in [1.54, 1.807) is 0 Å². The number of esters is 3. The summed E-state index contributed by atoms with van der Waals surface area (Å²) >= 11 is 0. The third-order valence-corrected chi connectivity index (χ3v) is 3.04. The fraction of sp³-hybridized carbons (Fsp3) is 0.571. The van der Waals surface area contributed by atoms with Gasteiger partial charge in [-0.05, 0) is 0 Å². The van der Waals surface area contributed by atoms with Gasteiger partial charge in [0, 0.05) is 37.2 Å². The van der Waals surface area contributed by atoms with E-state index in [4.69, 9.17) is 23.1 Å². The Balaban J connectivity index is 2.32. The van der Waals surface area contributed by atoms with Gasteiger partial charge in [0.25, 0.3) is 0 Å². The Bertz CT molecular complexity index is 628. The SMILES string of the molecule is [2H]CC(=O)O[C@H]1[C@H](OC(=O)C[2H])COC(c2ncc[nH]2)[C@@H]1OC(=O)C[2H]. The Labute approximate surface area is 136 Å². The third kappa shape index (κ3) is 4.28. The summed E-state index contributed by atoms with van der Waals surface area (Å²) in [4.78, 5) is 41.6. The van der Waals surface area contributed by atoms with Crippen molar-refractivity contribution in [3.05, 3.63) is 18.2 Å². The summed E-state index contributed by atoms with van der Waals surface area (Å²) < 4.78 is 42.2. The summed E-state index contributed by atoms with van der Waals surface area (Å²) in [6, 6.07) is 0. The maximum absolute atomic E-state index is 11.7. The van der Waals surface area contributed by atoms with Gasteiger partial charge in [-0.3, -0.25) is 14.4 Å². The summed E-state index contributed by atoms with van der Waals surface area (Å²) in [5.74, 6) is -2.43. The second-order valence-corrected chi connectivity index (χ2v) is 4.67. The minimum absolute atomic E-state index is 0.206. The highest BCUT2D eigenvalue weighted by atomic mass is 16.6. The molecule has 1 aliphatic heterocycles. The van der Waals surface area contributed by atoms with Crippen LogP contribution in [0.5, 0.6) is 0 Å². The van der Waals surface area contributed by atoms with Gasteiger partial charge in [0.1, 0.15) is 5.82 Å². The lowest BCUT2D eigenvalue weighted by Gasteiger charge is -2.39. The maximum atomic E-state index is 11.7. The van der Waals surface area contributed by atoms with Crippen molar-refractivity contribution in [1.29, 1.82) is 0 Å². The van der Waals surface area contributed by atoms with Gasteiger partial charge < -0.3 is 23.9 Å². The van der Waals surface area contributed by atoms with Crippen LogP contribution in [-0.4, -0.2) is 52.8 Å². The molecule has 23 heavy (non-hydrogen) atoms. The lowest BCUT2D eigenvalue weighted by molar-refractivity contribution is -0.228. The van der Waals surface area contributed by atoms with E-state index in [1.165, 1.54) is 12.4 Å². The van der Waals surface area contributed by atoms with Crippen LogP contribution >= 0.6 is 0 Å². The van der Waals surface area contributed by atoms with Gasteiger partial charge in [-0.25, -0.2) is 4.98 Å². The van der Waals surface area contributed by atoms with E-state index in [1.807, 2.05) is 0 Å². The van der Waals surface area contributed by atoms with Crippen LogP contribution < -0.4 is 0 Å². The average Bonchev–Trinajstić information content (AvgIpc) is 3.18. The van der Waals surface area contributed by atoms with Crippen LogP contribution in [0.4, 0.5) is 0 Å². The highest BCUT2D eigenvalue weighted by molar-refractivity contribution is 5.68. The number of nitrogens with one attached hydrogen (secondary N) is 1. The smallest absolute Gasteiger partial charge is 0.303 e. The van der Waals surface area contributed by atoms with Crippen molar-refractivity contribution in [1.82, 2.24) is 9.97 Å². The van der Waals surface area contributed by atoms with E-state index < -0.39 is 63.0 Å². The number of hydrogen-bond acceptors (Lipinski definition) is 8. The molecule has 1 aromatic rings. The highest BCUT2D eigenvalue weighted by Gasteiger charge is 2.48. The summed E-state index contributed by atoms with van der Waals surface area (Å²) in [5.41, 5.74) is 0. The molecule has 9 nitrogen and oxygen atoms in total. The van der Waals surface area contributed by atoms with Crippen molar-refractivity contribution >= 4 is 17.9 Å². The predicted molar refractivity (Wildman–Crippen MR) is 73.9 cm³/mol. The zero-order chi connectivity index (χ0) is 19.1. The normalized spacial score (nSPS) is 28.8. The lowest BCUT2D eigenvalue weighted by atomic mass is 9.98. The standard InChI is InChI=1S/C14H18N2O7/c1-7(17)21-10-6-20-13(14-15-4-5-16-14)12(23-9(3)19)11(10)22-8(2)18/h4-5,10-13H,6H2,1-3H3,(H,15,16)/t10-,11+,12-,13?/m1/s1/i1D,2D,3D. The predicted octanol–water partition coefficient (Wildman–Crippen LogP) is 0.276. The van der Waals surface area contributed by atoms with Crippen LogP contribution in [0, 0.1) is 0 Å². The quantitative estimate of drug-likeness (QED) is 0.618. The molecule has 9 heteroatoms. The Morgan fingerprint density at radius 1 is 1.17 bits per heavy atom. The number of hydrogen-bond donors (Lipinski definition) is 1. The van der Waals surface area contributed by atoms with Crippen molar-refractivity contribution in [2.24, 2.45) is 0 Å². The molecule has 1 unspecified atom stereocenters. The lowest BCUT2D eigenvalue weighted by Crippen LogP contribution is -2.54. The molecule has 1 N–H and O–H groups in total. The summed E-state index contributed by atoms with van der Waals surface area (Å²) in [6.45, 7) is -2.24. The number of carbonyl (C=O) groups is 3. The molecule has 0 spiro atoms.